The summed E-state index contributed by atoms with van der Waals surface area (Å²) < 4.78 is 0. The number of hydrogen-bond acceptors (Lipinski definition) is 2. The molecule has 0 aromatic carbocycles. The quantitative estimate of drug-likeness (QED) is 0.886. The van der Waals surface area contributed by atoms with Gasteiger partial charge in [-0.3, -0.25) is 4.98 Å². The van der Waals surface area contributed by atoms with E-state index in [4.69, 9.17) is 0 Å². The van der Waals surface area contributed by atoms with E-state index in [1.807, 2.05) is 23.1 Å². The van der Waals surface area contributed by atoms with E-state index in [2.05, 4.69) is 10.3 Å². The van der Waals surface area contributed by atoms with Crippen LogP contribution in [-0.2, 0) is 6.54 Å². The lowest BCUT2D eigenvalue weighted by atomic mass is 9.82. The fourth-order valence-corrected chi connectivity index (χ4v) is 3.35. The second-order valence-electron chi connectivity index (χ2n) is 5.69. The van der Waals surface area contributed by atoms with Gasteiger partial charge in [-0.05, 0) is 36.8 Å². The van der Waals surface area contributed by atoms with Crippen molar-refractivity contribution in [1.82, 2.24) is 15.2 Å². The maximum atomic E-state index is 12.1. The van der Waals surface area contributed by atoms with Crippen molar-refractivity contribution in [3.05, 3.63) is 30.1 Å². The van der Waals surface area contributed by atoms with Crippen LogP contribution in [0.25, 0.3) is 0 Å². The molecule has 3 rings (SSSR count). The summed E-state index contributed by atoms with van der Waals surface area (Å²) in [6.45, 7) is 2.41. The Bertz CT molecular complexity index is 420. The number of nitrogens with one attached hydrogen (secondary N) is 1. The summed E-state index contributed by atoms with van der Waals surface area (Å²) in [4.78, 5) is 18.4. The van der Waals surface area contributed by atoms with Crippen molar-refractivity contribution in [2.24, 2.45) is 11.8 Å². The highest BCUT2D eigenvalue weighted by Gasteiger charge is 2.36. The highest BCUT2D eigenvalue weighted by atomic mass is 16.2. The largest absolute Gasteiger partial charge is 0.332 e. The predicted molar refractivity (Wildman–Crippen MR) is 73.5 cm³/mol. The van der Waals surface area contributed by atoms with E-state index in [0.717, 1.165) is 30.6 Å². The summed E-state index contributed by atoms with van der Waals surface area (Å²) in [5.41, 5.74) is 0.910. The van der Waals surface area contributed by atoms with Gasteiger partial charge in [-0.15, -0.1) is 0 Å². The van der Waals surface area contributed by atoms with Crippen molar-refractivity contribution in [2.75, 3.05) is 13.1 Å². The molecule has 0 radical (unpaired) electrons. The topological polar surface area (TPSA) is 45.2 Å². The predicted octanol–water partition coefficient (Wildman–Crippen LogP) is 2.41. The number of fused-ring (bicyclic) bond motifs is 1. The number of carbonyl (C=O) groups excluding carboxylic acids is 1. The molecule has 0 bridgehead atoms. The fourth-order valence-electron chi connectivity index (χ4n) is 3.35. The van der Waals surface area contributed by atoms with Gasteiger partial charge in [0.1, 0.15) is 0 Å². The molecule has 2 heterocycles. The van der Waals surface area contributed by atoms with Gasteiger partial charge in [0.2, 0.25) is 0 Å². The van der Waals surface area contributed by atoms with Gasteiger partial charge in [-0.1, -0.05) is 18.9 Å². The van der Waals surface area contributed by atoms with Crippen molar-refractivity contribution < 1.29 is 4.79 Å². The minimum atomic E-state index is 0.0695. The number of hydrogen-bond donors (Lipinski definition) is 1. The summed E-state index contributed by atoms with van der Waals surface area (Å²) in [6.07, 6.45) is 7.03. The first kappa shape index (κ1) is 12.5. The fraction of sp³-hybridized carbons (Fsp3) is 0.600. The van der Waals surface area contributed by atoms with Crippen LogP contribution in [0.1, 0.15) is 31.4 Å². The highest BCUT2D eigenvalue weighted by molar-refractivity contribution is 5.74. The summed E-state index contributed by atoms with van der Waals surface area (Å²) in [5.74, 6) is 1.49. The van der Waals surface area contributed by atoms with Crippen LogP contribution >= 0.6 is 0 Å². The summed E-state index contributed by atoms with van der Waals surface area (Å²) in [5, 5.41) is 2.98. The molecule has 1 aromatic heterocycles. The van der Waals surface area contributed by atoms with Crippen LogP contribution in [0.2, 0.25) is 0 Å². The number of carbonyl (C=O) groups is 1. The molecular weight excluding hydrogens is 238 g/mol. The molecule has 2 aliphatic rings. The molecule has 1 aliphatic heterocycles. The van der Waals surface area contributed by atoms with Gasteiger partial charge in [0.25, 0.3) is 0 Å². The molecule has 2 amide bonds. The lowest BCUT2D eigenvalue weighted by Gasteiger charge is -2.22. The monoisotopic (exact) mass is 259 g/mol. The van der Waals surface area contributed by atoms with E-state index >= 15 is 0 Å². The van der Waals surface area contributed by atoms with Gasteiger partial charge in [-0.25, -0.2) is 4.79 Å². The first-order valence-corrected chi connectivity index (χ1v) is 7.25. The average Bonchev–Trinajstić information content (AvgIpc) is 2.90. The van der Waals surface area contributed by atoms with Gasteiger partial charge >= 0.3 is 6.03 Å². The Labute approximate surface area is 114 Å². The zero-order chi connectivity index (χ0) is 13.1. The number of amides is 2. The lowest BCUT2D eigenvalue weighted by molar-refractivity contribution is 0.205. The molecule has 4 nitrogen and oxygen atoms in total. The van der Waals surface area contributed by atoms with E-state index in [9.17, 15) is 4.79 Å². The summed E-state index contributed by atoms with van der Waals surface area (Å²) in [6, 6.07) is 5.83. The molecule has 1 aliphatic carbocycles. The minimum absolute atomic E-state index is 0.0695. The Morgan fingerprint density at radius 1 is 1.26 bits per heavy atom. The van der Waals surface area contributed by atoms with Crippen LogP contribution in [0.4, 0.5) is 4.79 Å². The van der Waals surface area contributed by atoms with Gasteiger partial charge in [0.05, 0.1) is 12.2 Å². The van der Waals surface area contributed by atoms with Crippen LogP contribution in [-0.4, -0.2) is 29.0 Å². The zero-order valence-corrected chi connectivity index (χ0v) is 11.2. The summed E-state index contributed by atoms with van der Waals surface area (Å²) in [7, 11) is 0. The molecule has 1 aromatic rings. The van der Waals surface area contributed by atoms with Gasteiger partial charge in [0.15, 0.2) is 0 Å². The third-order valence-electron chi connectivity index (χ3n) is 4.41. The maximum Gasteiger partial charge on any atom is 0.317 e. The SMILES string of the molecule is O=C(NCc1ccccn1)N1C[C@H]2CCCC[C@H]2C1. The molecule has 19 heavy (non-hydrogen) atoms. The van der Waals surface area contributed by atoms with Crippen molar-refractivity contribution in [2.45, 2.75) is 32.2 Å². The molecule has 2 atom stereocenters. The van der Waals surface area contributed by atoms with Gasteiger partial charge in [0, 0.05) is 19.3 Å². The number of pyridine rings is 1. The molecular formula is C15H21N3O. The first-order chi connectivity index (χ1) is 9.33. The van der Waals surface area contributed by atoms with Crippen LogP contribution in [0.15, 0.2) is 24.4 Å². The molecule has 1 saturated heterocycles. The number of nitrogens with zero attached hydrogens (tertiary/aromatic N) is 2. The molecule has 102 valence electrons. The van der Waals surface area contributed by atoms with Gasteiger partial charge < -0.3 is 10.2 Å². The molecule has 0 spiro atoms. The Morgan fingerprint density at radius 2 is 2.00 bits per heavy atom. The van der Waals surface area contributed by atoms with E-state index in [1.165, 1.54) is 25.7 Å². The van der Waals surface area contributed by atoms with E-state index in [1.54, 1.807) is 6.20 Å². The third-order valence-corrected chi connectivity index (χ3v) is 4.41. The molecule has 2 fully saturated rings. The van der Waals surface area contributed by atoms with E-state index < -0.39 is 0 Å². The normalized spacial score (nSPS) is 26.0. The smallest absolute Gasteiger partial charge is 0.317 e. The van der Waals surface area contributed by atoms with E-state index in [-0.39, 0.29) is 6.03 Å². The molecule has 4 heteroatoms. The minimum Gasteiger partial charge on any atom is -0.332 e. The van der Waals surface area contributed by atoms with Crippen molar-refractivity contribution >= 4 is 6.03 Å². The lowest BCUT2D eigenvalue weighted by Crippen LogP contribution is -2.38. The van der Waals surface area contributed by atoms with Crippen LogP contribution in [0, 0.1) is 11.8 Å². The number of urea groups is 1. The number of rotatable bonds is 2. The van der Waals surface area contributed by atoms with Crippen molar-refractivity contribution in [3.63, 3.8) is 0 Å². The molecule has 1 N–H and O–H groups in total. The first-order valence-electron chi connectivity index (χ1n) is 7.25. The maximum absolute atomic E-state index is 12.1. The summed E-state index contributed by atoms with van der Waals surface area (Å²) >= 11 is 0. The van der Waals surface area contributed by atoms with Crippen LogP contribution in [0.3, 0.4) is 0 Å². The van der Waals surface area contributed by atoms with Crippen LogP contribution < -0.4 is 5.32 Å². The zero-order valence-electron chi connectivity index (χ0n) is 11.2. The van der Waals surface area contributed by atoms with E-state index in [0.29, 0.717) is 6.54 Å². The standard InChI is InChI=1S/C15H21N3O/c19-15(17-9-14-7-3-4-8-16-14)18-10-12-5-1-2-6-13(12)11-18/h3-4,7-8,12-13H,1-2,5-6,9-11H2,(H,17,19)/t12-,13+. The second kappa shape index (κ2) is 5.59. The Morgan fingerprint density at radius 3 is 2.63 bits per heavy atom. The highest BCUT2D eigenvalue weighted by Crippen LogP contribution is 2.35. The Kier molecular flexibility index (Phi) is 3.67. The van der Waals surface area contributed by atoms with Crippen molar-refractivity contribution in [3.8, 4) is 0 Å². The number of likely N-dealkylation sites (tertiary alicyclic amines) is 1. The molecule has 1 saturated carbocycles. The second-order valence-corrected chi connectivity index (χ2v) is 5.69. The van der Waals surface area contributed by atoms with Crippen molar-refractivity contribution in [1.29, 1.82) is 0 Å². The molecule has 0 unspecified atom stereocenters. The van der Waals surface area contributed by atoms with Gasteiger partial charge in [-0.2, -0.15) is 0 Å². The third kappa shape index (κ3) is 2.88. The van der Waals surface area contributed by atoms with Crippen LogP contribution in [0.5, 0.6) is 0 Å². The number of aromatic nitrogens is 1. The Hall–Kier alpha value is -1.58. The Balaban J connectivity index is 1.51. The average molecular weight is 259 g/mol.